The molecule has 5 heteroatoms. The summed E-state index contributed by atoms with van der Waals surface area (Å²) < 4.78 is 0. The molecule has 2 saturated carbocycles. The van der Waals surface area contributed by atoms with E-state index in [9.17, 15) is 14.7 Å². The molecule has 1 atom stereocenters. The quantitative estimate of drug-likeness (QED) is 0.746. The second-order valence-electron chi connectivity index (χ2n) is 7.00. The van der Waals surface area contributed by atoms with Gasteiger partial charge in [-0.3, -0.25) is 0 Å². The largest absolute Gasteiger partial charge is 0.480 e. The molecule has 21 heavy (non-hydrogen) atoms. The molecule has 1 unspecified atom stereocenters. The van der Waals surface area contributed by atoms with Crippen molar-refractivity contribution in [3.8, 4) is 0 Å². The molecule has 0 aromatic heterocycles. The Morgan fingerprint density at radius 2 is 1.71 bits per heavy atom. The van der Waals surface area contributed by atoms with E-state index < -0.39 is 11.5 Å². The van der Waals surface area contributed by atoms with E-state index in [1.807, 2.05) is 6.92 Å². The van der Waals surface area contributed by atoms with Gasteiger partial charge in [-0.05, 0) is 57.3 Å². The SMILES string of the molecule is CC1CCC(NC(=O)NC(C)C2CCCC2)(C(=O)O)CC1. The highest BCUT2D eigenvalue weighted by molar-refractivity contribution is 5.86. The van der Waals surface area contributed by atoms with E-state index in [4.69, 9.17) is 0 Å². The first-order chi connectivity index (χ1) is 9.93. The summed E-state index contributed by atoms with van der Waals surface area (Å²) in [6.45, 7) is 4.15. The lowest BCUT2D eigenvalue weighted by atomic mass is 9.77. The number of hydrogen-bond donors (Lipinski definition) is 3. The van der Waals surface area contributed by atoms with Crippen LogP contribution in [0.3, 0.4) is 0 Å². The molecule has 3 N–H and O–H groups in total. The van der Waals surface area contributed by atoms with Gasteiger partial charge >= 0.3 is 12.0 Å². The van der Waals surface area contributed by atoms with Crippen molar-refractivity contribution in [1.82, 2.24) is 10.6 Å². The summed E-state index contributed by atoms with van der Waals surface area (Å²) in [7, 11) is 0. The summed E-state index contributed by atoms with van der Waals surface area (Å²) in [6, 6.07) is -0.216. The summed E-state index contributed by atoms with van der Waals surface area (Å²) in [5, 5.41) is 15.2. The Bertz CT molecular complexity index is 383. The van der Waals surface area contributed by atoms with Gasteiger partial charge in [0.25, 0.3) is 0 Å². The fourth-order valence-corrected chi connectivity index (χ4v) is 3.68. The molecule has 0 radical (unpaired) electrons. The second-order valence-corrected chi connectivity index (χ2v) is 7.00. The second kappa shape index (κ2) is 6.67. The topological polar surface area (TPSA) is 78.4 Å². The highest BCUT2D eigenvalue weighted by Gasteiger charge is 2.42. The van der Waals surface area contributed by atoms with Crippen molar-refractivity contribution in [2.24, 2.45) is 11.8 Å². The van der Waals surface area contributed by atoms with Crippen LogP contribution in [-0.4, -0.2) is 28.7 Å². The third kappa shape index (κ3) is 3.89. The molecule has 0 aromatic carbocycles. The number of carbonyl (C=O) groups is 2. The molecular formula is C16H28N2O3. The van der Waals surface area contributed by atoms with Crippen LogP contribution in [0.2, 0.25) is 0 Å². The molecule has 0 bridgehead atoms. The van der Waals surface area contributed by atoms with Crippen molar-refractivity contribution in [3.05, 3.63) is 0 Å². The number of carbonyl (C=O) groups excluding carboxylic acids is 1. The molecular weight excluding hydrogens is 268 g/mol. The summed E-state index contributed by atoms with van der Waals surface area (Å²) >= 11 is 0. The molecule has 2 rings (SSSR count). The molecule has 0 heterocycles. The number of aliphatic carboxylic acids is 1. The van der Waals surface area contributed by atoms with E-state index in [1.165, 1.54) is 12.8 Å². The number of nitrogens with one attached hydrogen (secondary N) is 2. The first kappa shape index (κ1) is 16.1. The number of rotatable bonds is 4. The molecule has 0 aromatic rings. The van der Waals surface area contributed by atoms with Crippen molar-refractivity contribution in [1.29, 1.82) is 0 Å². The number of hydrogen-bond acceptors (Lipinski definition) is 2. The average Bonchev–Trinajstić information content (AvgIpc) is 2.95. The Hall–Kier alpha value is -1.26. The van der Waals surface area contributed by atoms with Crippen LogP contribution >= 0.6 is 0 Å². The summed E-state index contributed by atoms with van der Waals surface area (Å²) in [6.07, 6.45) is 7.52. The maximum atomic E-state index is 12.2. The summed E-state index contributed by atoms with van der Waals surface area (Å²) in [5.41, 5.74) is -1.08. The van der Waals surface area contributed by atoms with Crippen molar-refractivity contribution < 1.29 is 14.7 Å². The van der Waals surface area contributed by atoms with Crippen molar-refractivity contribution >= 4 is 12.0 Å². The number of carboxylic acid groups (broad SMARTS) is 1. The predicted molar refractivity (Wildman–Crippen MR) is 81.1 cm³/mol. The fourth-order valence-electron chi connectivity index (χ4n) is 3.68. The summed E-state index contributed by atoms with van der Waals surface area (Å²) in [5.74, 6) is 0.167. The van der Waals surface area contributed by atoms with Crippen molar-refractivity contribution in [2.45, 2.75) is 76.8 Å². The van der Waals surface area contributed by atoms with Gasteiger partial charge in [0, 0.05) is 6.04 Å². The Morgan fingerprint density at radius 3 is 2.24 bits per heavy atom. The standard InChI is InChI=1S/C16H28N2O3/c1-11-7-9-16(10-8-11,14(19)20)18-15(21)17-12(2)13-5-3-4-6-13/h11-13H,3-10H2,1-2H3,(H,19,20)(H2,17,18,21). The zero-order valence-electron chi connectivity index (χ0n) is 13.2. The molecule has 0 aliphatic heterocycles. The molecule has 0 spiro atoms. The minimum atomic E-state index is -1.08. The number of amides is 2. The van der Waals surface area contributed by atoms with Gasteiger partial charge in [0.05, 0.1) is 0 Å². The van der Waals surface area contributed by atoms with Crippen LogP contribution in [0.1, 0.15) is 65.2 Å². The lowest BCUT2D eigenvalue weighted by molar-refractivity contribution is -0.146. The van der Waals surface area contributed by atoms with E-state index in [2.05, 4.69) is 17.6 Å². The van der Waals surface area contributed by atoms with Gasteiger partial charge in [-0.1, -0.05) is 19.8 Å². The van der Waals surface area contributed by atoms with E-state index in [0.29, 0.717) is 24.7 Å². The average molecular weight is 296 g/mol. The zero-order valence-corrected chi connectivity index (χ0v) is 13.2. The maximum absolute atomic E-state index is 12.2. The molecule has 5 nitrogen and oxygen atoms in total. The van der Waals surface area contributed by atoms with Crippen LogP contribution in [0.25, 0.3) is 0 Å². The predicted octanol–water partition coefficient (Wildman–Crippen LogP) is 2.90. The minimum absolute atomic E-state index is 0.112. The monoisotopic (exact) mass is 296 g/mol. The van der Waals surface area contributed by atoms with Crippen LogP contribution < -0.4 is 10.6 Å². The van der Waals surface area contributed by atoms with Gasteiger partial charge in [-0.25, -0.2) is 9.59 Å². The highest BCUT2D eigenvalue weighted by atomic mass is 16.4. The van der Waals surface area contributed by atoms with Gasteiger partial charge in [0.1, 0.15) is 5.54 Å². The van der Waals surface area contributed by atoms with Crippen LogP contribution in [0.15, 0.2) is 0 Å². The Morgan fingerprint density at radius 1 is 1.14 bits per heavy atom. The smallest absolute Gasteiger partial charge is 0.329 e. The fraction of sp³-hybridized carbons (Fsp3) is 0.875. The molecule has 2 aliphatic rings. The first-order valence-electron chi connectivity index (χ1n) is 8.25. The molecule has 120 valence electrons. The van der Waals surface area contributed by atoms with E-state index in [-0.39, 0.29) is 12.1 Å². The minimum Gasteiger partial charge on any atom is -0.480 e. The van der Waals surface area contributed by atoms with E-state index in [1.54, 1.807) is 0 Å². The van der Waals surface area contributed by atoms with Gasteiger partial charge in [-0.2, -0.15) is 0 Å². The van der Waals surface area contributed by atoms with Crippen LogP contribution in [0.5, 0.6) is 0 Å². The normalized spacial score (nSPS) is 31.6. The lowest BCUT2D eigenvalue weighted by Gasteiger charge is -2.37. The Balaban J connectivity index is 1.90. The zero-order chi connectivity index (χ0) is 15.5. The third-order valence-corrected chi connectivity index (χ3v) is 5.36. The highest BCUT2D eigenvalue weighted by Crippen LogP contribution is 2.32. The lowest BCUT2D eigenvalue weighted by Crippen LogP contribution is -2.59. The molecule has 2 fully saturated rings. The van der Waals surface area contributed by atoms with Crippen molar-refractivity contribution in [2.75, 3.05) is 0 Å². The number of urea groups is 1. The molecule has 2 amide bonds. The summed E-state index contributed by atoms with van der Waals surface area (Å²) in [4.78, 5) is 23.8. The van der Waals surface area contributed by atoms with E-state index in [0.717, 1.165) is 25.7 Å². The number of carboxylic acids is 1. The van der Waals surface area contributed by atoms with Gasteiger partial charge in [-0.15, -0.1) is 0 Å². The Labute approximate surface area is 126 Å². The van der Waals surface area contributed by atoms with Crippen LogP contribution in [0.4, 0.5) is 4.79 Å². The molecule has 0 saturated heterocycles. The Kier molecular flexibility index (Phi) is 5.12. The van der Waals surface area contributed by atoms with Crippen molar-refractivity contribution in [3.63, 3.8) is 0 Å². The van der Waals surface area contributed by atoms with Crippen LogP contribution in [0, 0.1) is 11.8 Å². The third-order valence-electron chi connectivity index (χ3n) is 5.36. The first-order valence-corrected chi connectivity index (χ1v) is 8.25. The van der Waals surface area contributed by atoms with Gasteiger partial charge in [0.2, 0.25) is 0 Å². The van der Waals surface area contributed by atoms with E-state index >= 15 is 0 Å². The maximum Gasteiger partial charge on any atom is 0.329 e. The van der Waals surface area contributed by atoms with Crippen LogP contribution in [-0.2, 0) is 4.79 Å². The van der Waals surface area contributed by atoms with Gasteiger partial charge in [0.15, 0.2) is 0 Å². The molecule has 2 aliphatic carbocycles. The van der Waals surface area contributed by atoms with Gasteiger partial charge < -0.3 is 15.7 Å².